The van der Waals surface area contributed by atoms with Crippen LogP contribution in [0.4, 0.5) is 0 Å². The van der Waals surface area contributed by atoms with Crippen molar-refractivity contribution in [2.24, 2.45) is 5.92 Å². The number of hydrogen-bond acceptors (Lipinski definition) is 5. The van der Waals surface area contributed by atoms with E-state index < -0.39 is 0 Å². The number of amides is 1. The van der Waals surface area contributed by atoms with Crippen LogP contribution in [0.25, 0.3) is 22.0 Å². The van der Waals surface area contributed by atoms with E-state index in [2.05, 4.69) is 16.5 Å². The van der Waals surface area contributed by atoms with Gasteiger partial charge in [-0.05, 0) is 68.3 Å². The predicted molar refractivity (Wildman–Crippen MR) is 147 cm³/mol. The summed E-state index contributed by atoms with van der Waals surface area (Å²) in [4.78, 5) is 25.9. The van der Waals surface area contributed by atoms with Crippen LogP contribution in [-0.2, 0) is 17.6 Å². The van der Waals surface area contributed by atoms with E-state index in [0.29, 0.717) is 28.3 Å². The second-order valence-electron chi connectivity index (χ2n) is 9.57. The van der Waals surface area contributed by atoms with Crippen LogP contribution in [0.5, 0.6) is 5.75 Å². The lowest BCUT2D eigenvalue weighted by molar-refractivity contribution is -0.127. The maximum absolute atomic E-state index is 12.4. The molecule has 2 atom stereocenters. The Hall–Kier alpha value is -2.67. The van der Waals surface area contributed by atoms with Crippen molar-refractivity contribution in [2.75, 3.05) is 34.3 Å². The molecular weight excluding hydrogens is 495 g/mol. The van der Waals surface area contributed by atoms with Gasteiger partial charge in [-0.1, -0.05) is 42.8 Å². The summed E-state index contributed by atoms with van der Waals surface area (Å²) in [5, 5.41) is 2.03. The first-order valence-electron chi connectivity index (χ1n) is 12.1. The molecule has 1 aliphatic rings. The molecule has 1 aromatic heterocycles. The number of carbonyl (C=O) groups excluding carboxylic acids is 1. The van der Waals surface area contributed by atoms with Gasteiger partial charge in [0, 0.05) is 42.7 Å². The first-order chi connectivity index (χ1) is 17.2. The maximum atomic E-state index is 12.4. The lowest BCUT2D eigenvalue weighted by Gasteiger charge is -2.25. The Morgan fingerprint density at radius 3 is 2.72 bits per heavy atom. The van der Waals surface area contributed by atoms with Crippen molar-refractivity contribution >= 4 is 40.0 Å². The Morgan fingerprint density at radius 1 is 1.28 bits per heavy atom. The summed E-state index contributed by atoms with van der Waals surface area (Å²) in [5.74, 6) is 1.67. The Morgan fingerprint density at radius 2 is 2.06 bits per heavy atom. The fourth-order valence-corrected chi connectivity index (χ4v) is 5.83. The largest absolute Gasteiger partial charge is 0.495 e. The van der Waals surface area contributed by atoms with Crippen molar-refractivity contribution in [2.45, 2.75) is 32.2 Å². The monoisotopic (exact) mass is 526 g/mol. The van der Waals surface area contributed by atoms with Crippen LogP contribution in [0.1, 0.15) is 24.7 Å². The van der Waals surface area contributed by atoms with Gasteiger partial charge in [0.15, 0.2) is 0 Å². The predicted octanol–water partition coefficient (Wildman–Crippen LogP) is 5.68. The number of likely N-dealkylation sites (tertiary alicyclic amines) is 1. The fourth-order valence-electron chi connectivity index (χ4n) is 5.05. The number of methoxy groups -OCH3 is 1. The van der Waals surface area contributed by atoms with Gasteiger partial charge in [-0.2, -0.15) is 0 Å². The van der Waals surface area contributed by atoms with Gasteiger partial charge in [-0.15, -0.1) is 0 Å². The van der Waals surface area contributed by atoms with Gasteiger partial charge in [0.2, 0.25) is 5.91 Å². The van der Waals surface area contributed by atoms with E-state index in [4.69, 9.17) is 32.9 Å². The molecule has 36 heavy (non-hydrogen) atoms. The molecule has 4 rings (SSSR count). The number of nitrogens with zero attached hydrogens (tertiary/aromatic N) is 4. The van der Waals surface area contributed by atoms with E-state index in [-0.39, 0.29) is 11.9 Å². The Bertz CT molecular complexity index is 1270. The Labute approximate surface area is 222 Å². The molecule has 2 aromatic carbocycles. The fraction of sp³-hybridized carbons (Fsp3) is 0.393. The lowest BCUT2D eigenvalue weighted by atomic mass is 9.99. The van der Waals surface area contributed by atoms with Gasteiger partial charge >= 0.3 is 0 Å². The minimum atomic E-state index is -0.0163. The number of aryl methyl sites for hydroxylation is 1. The average molecular weight is 527 g/mol. The first-order valence-corrected chi connectivity index (χ1v) is 12.9. The third-order valence-corrected chi connectivity index (χ3v) is 7.57. The zero-order valence-corrected chi connectivity index (χ0v) is 22.7. The SMILES string of the molecule is C=CC(=O)N1C[C@@H](Cc2ncc3cc(-c4c(Cl)c(CC)cc(OC)c4Cl)ccc3n2)C[C@H]1CN(C)C. The van der Waals surface area contributed by atoms with Crippen molar-refractivity contribution in [3.63, 3.8) is 0 Å². The third kappa shape index (κ3) is 5.36. The van der Waals surface area contributed by atoms with Crippen LogP contribution in [0, 0.1) is 5.92 Å². The highest BCUT2D eigenvalue weighted by Crippen LogP contribution is 2.43. The standard InChI is InChI=1S/C28H32Cl2N4O2/c1-6-18-13-23(36-5)28(30)26(27(18)29)19-8-9-22-20(12-19)14-31-24(32-22)11-17-10-21(16-33(3)4)34(15-17)25(35)7-2/h7-9,12-14,17,21H,2,6,10-11,15-16H2,1,3-5H3/t17-,21+/m1/s1. The summed E-state index contributed by atoms with van der Waals surface area (Å²) in [6.07, 6.45) is 5.66. The smallest absolute Gasteiger partial charge is 0.246 e. The molecule has 3 aromatic rings. The number of ether oxygens (including phenoxy) is 1. The molecule has 1 aliphatic heterocycles. The number of carbonyl (C=O) groups is 1. The normalized spacial score (nSPS) is 17.7. The number of aromatic nitrogens is 2. The van der Waals surface area contributed by atoms with E-state index in [0.717, 1.165) is 59.2 Å². The topological polar surface area (TPSA) is 58.6 Å². The molecule has 0 aliphatic carbocycles. The molecule has 0 N–H and O–H groups in total. The zero-order chi connectivity index (χ0) is 26.0. The molecule has 2 heterocycles. The Kier molecular flexibility index (Phi) is 8.18. The quantitative estimate of drug-likeness (QED) is 0.353. The highest BCUT2D eigenvalue weighted by Gasteiger charge is 2.34. The molecule has 1 saturated heterocycles. The number of halogens is 2. The van der Waals surface area contributed by atoms with E-state index >= 15 is 0 Å². The van der Waals surface area contributed by atoms with Crippen LogP contribution in [0.15, 0.2) is 43.1 Å². The first kappa shape index (κ1) is 26.4. The highest BCUT2D eigenvalue weighted by molar-refractivity contribution is 6.40. The zero-order valence-electron chi connectivity index (χ0n) is 21.2. The minimum absolute atomic E-state index is 0.0163. The van der Waals surface area contributed by atoms with Gasteiger partial charge in [-0.3, -0.25) is 4.79 Å². The summed E-state index contributed by atoms with van der Waals surface area (Å²) < 4.78 is 5.48. The number of likely N-dealkylation sites (N-methyl/N-ethyl adjacent to an activating group) is 1. The molecular formula is C28H32Cl2N4O2. The molecule has 6 nitrogen and oxygen atoms in total. The van der Waals surface area contributed by atoms with Gasteiger partial charge in [-0.25, -0.2) is 9.97 Å². The van der Waals surface area contributed by atoms with Gasteiger partial charge < -0.3 is 14.5 Å². The second-order valence-corrected chi connectivity index (χ2v) is 10.3. The van der Waals surface area contributed by atoms with Crippen molar-refractivity contribution in [1.29, 1.82) is 0 Å². The molecule has 0 radical (unpaired) electrons. The van der Waals surface area contributed by atoms with E-state index in [9.17, 15) is 4.79 Å². The third-order valence-electron chi connectivity index (χ3n) is 6.77. The molecule has 0 spiro atoms. The van der Waals surface area contributed by atoms with Crippen LogP contribution in [0.2, 0.25) is 10.0 Å². The lowest BCUT2D eigenvalue weighted by Crippen LogP contribution is -2.40. The van der Waals surface area contributed by atoms with Gasteiger partial charge in [0.1, 0.15) is 11.6 Å². The van der Waals surface area contributed by atoms with Crippen molar-refractivity contribution in [1.82, 2.24) is 19.8 Å². The average Bonchev–Trinajstić information content (AvgIpc) is 3.25. The Balaban J connectivity index is 1.60. The number of hydrogen-bond donors (Lipinski definition) is 0. The molecule has 8 heteroatoms. The highest BCUT2D eigenvalue weighted by atomic mass is 35.5. The van der Waals surface area contributed by atoms with Crippen molar-refractivity contribution in [3.05, 3.63) is 64.6 Å². The molecule has 0 bridgehead atoms. The van der Waals surface area contributed by atoms with Crippen molar-refractivity contribution in [3.8, 4) is 16.9 Å². The summed E-state index contributed by atoms with van der Waals surface area (Å²) >= 11 is 13.4. The van der Waals surface area contributed by atoms with Gasteiger partial charge in [0.25, 0.3) is 0 Å². The number of rotatable bonds is 8. The molecule has 0 saturated carbocycles. The summed E-state index contributed by atoms with van der Waals surface area (Å²) in [7, 11) is 5.66. The van der Waals surface area contributed by atoms with Crippen LogP contribution < -0.4 is 4.74 Å². The maximum Gasteiger partial charge on any atom is 0.246 e. The molecule has 190 valence electrons. The van der Waals surface area contributed by atoms with E-state index in [1.165, 1.54) is 6.08 Å². The molecule has 1 amide bonds. The number of benzene rings is 2. The summed E-state index contributed by atoms with van der Waals surface area (Å²) in [6, 6.07) is 8.03. The van der Waals surface area contributed by atoms with Crippen LogP contribution >= 0.6 is 23.2 Å². The van der Waals surface area contributed by atoms with E-state index in [1.807, 2.05) is 56.4 Å². The second kappa shape index (κ2) is 11.2. The summed E-state index contributed by atoms with van der Waals surface area (Å²) in [5.41, 5.74) is 3.48. The van der Waals surface area contributed by atoms with E-state index in [1.54, 1.807) is 7.11 Å². The van der Waals surface area contributed by atoms with Gasteiger partial charge in [0.05, 0.1) is 22.7 Å². The molecule has 1 fully saturated rings. The summed E-state index contributed by atoms with van der Waals surface area (Å²) in [6.45, 7) is 7.23. The molecule has 0 unspecified atom stereocenters. The van der Waals surface area contributed by atoms with Crippen LogP contribution in [-0.4, -0.2) is 66.0 Å². The van der Waals surface area contributed by atoms with Crippen LogP contribution in [0.3, 0.4) is 0 Å². The van der Waals surface area contributed by atoms with Crippen molar-refractivity contribution < 1.29 is 9.53 Å². The minimum Gasteiger partial charge on any atom is -0.495 e. The number of fused-ring (bicyclic) bond motifs is 1.